The zero-order valence-electron chi connectivity index (χ0n) is 22.4. The fraction of sp³-hybridized carbons (Fsp3) is 0.667. The van der Waals surface area contributed by atoms with Crippen LogP contribution in [0.3, 0.4) is 0 Å². The molecule has 0 aliphatic heterocycles. The van der Waals surface area contributed by atoms with Gasteiger partial charge in [-0.25, -0.2) is 4.79 Å². The molecule has 35 heavy (non-hydrogen) atoms. The largest absolute Gasteiger partial charge is 0.459 e. The number of unbranched alkanes of at least 4 members (excludes halogenated alkanes) is 4. The Morgan fingerprint density at radius 3 is 2.26 bits per heavy atom. The standard InChI is InChI=1S/C33H48O2/c1-3-5-7-11-27-15-17-28(18-16-27)13-9-10-14-30-21-25-32(26-22-30)35-33(34)31-23-19-29(20-24-31)12-8-6-4-2/h9,13,19-20,23-24,27-28,30,32H,3-8,11-12,15-18,21-22,25-26H2,1-2H3. The van der Waals surface area contributed by atoms with Gasteiger partial charge in [-0.1, -0.05) is 82.4 Å². The maximum absolute atomic E-state index is 12.6. The molecule has 3 rings (SSSR count). The van der Waals surface area contributed by atoms with Crippen LogP contribution in [0.5, 0.6) is 0 Å². The second kappa shape index (κ2) is 15.9. The van der Waals surface area contributed by atoms with E-state index in [1.807, 2.05) is 12.1 Å². The van der Waals surface area contributed by atoms with Gasteiger partial charge < -0.3 is 4.74 Å². The van der Waals surface area contributed by atoms with Crippen LogP contribution in [0.15, 0.2) is 36.4 Å². The number of carbonyl (C=O) groups is 1. The fourth-order valence-corrected chi connectivity index (χ4v) is 5.63. The van der Waals surface area contributed by atoms with Gasteiger partial charge in [-0.2, -0.15) is 0 Å². The molecular formula is C33H48O2. The minimum absolute atomic E-state index is 0.0350. The van der Waals surface area contributed by atoms with E-state index in [9.17, 15) is 4.79 Å². The Balaban J connectivity index is 1.31. The zero-order valence-corrected chi connectivity index (χ0v) is 22.4. The third kappa shape index (κ3) is 10.2. The molecule has 2 saturated carbocycles. The topological polar surface area (TPSA) is 26.3 Å². The van der Waals surface area contributed by atoms with E-state index >= 15 is 0 Å². The van der Waals surface area contributed by atoms with Crippen molar-refractivity contribution >= 4 is 5.97 Å². The number of ether oxygens (including phenoxy) is 1. The summed E-state index contributed by atoms with van der Waals surface area (Å²) in [6.45, 7) is 4.51. The Bertz CT molecular complexity index is 809. The molecule has 0 heterocycles. The van der Waals surface area contributed by atoms with E-state index in [1.165, 1.54) is 76.2 Å². The molecule has 1 aromatic carbocycles. The summed E-state index contributed by atoms with van der Waals surface area (Å²) in [5, 5.41) is 0. The van der Waals surface area contributed by atoms with E-state index in [4.69, 9.17) is 4.74 Å². The van der Waals surface area contributed by atoms with Gasteiger partial charge in [0.05, 0.1) is 5.56 Å². The van der Waals surface area contributed by atoms with E-state index < -0.39 is 0 Å². The lowest BCUT2D eigenvalue weighted by molar-refractivity contribution is 0.0188. The highest BCUT2D eigenvalue weighted by Crippen LogP contribution is 2.32. The molecule has 0 unspecified atom stereocenters. The number of benzene rings is 1. The Kier molecular flexibility index (Phi) is 12.5. The number of hydrogen-bond donors (Lipinski definition) is 0. The molecule has 192 valence electrons. The van der Waals surface area contributed by atoms with Gasteiger partial charge in [-0.3, -0.25) is 0 Å². The van der Waals surface area contributed by atoms with Crippen molar-refractivity contribution in [3.63, 3.8) is 0 Å². The van der Waals surface area contributed by atoms with E-state index in [2.05, 4.69) is 50.0 Å². The number of carbonyl (C=O) groups excluding carboxylic acids is 1. The molecule has 0 N–H and O–H groups in total. The van der Waals surface area contributed by atoms with Crippen LogP contribution in [0, 0.1) is 29.6 Å². The summed E-state index contributed by atoms with van der Waals surface area (Å²) < 4.78 is 5.81. The lowest BCUT2D eigenvalue weighted by atomic mass is 9.79. The Morgan fingerprint density at radius 1 is 0.886 bits per heavy atom. The summed E-state index contributed by atoms with van der Waals surface area (Å²) in [6.07, 6.45) is 24.3. The monoisotopic (exact) mass is 476 g/mol. The van der Waals surface area contributed by atoms with E-state index in [1.54, 1.807) is 0 Å². The van der Waals surface area contributed by atoms with E-state index in [0.717, 1.165) is 43.9 Å². The van der Waals surface area contributed by atoms with Crippen LogP contribution in [0.25, 0.3) is 0 Å². The molecule has 0 atom stereocenters. The van der Waals surface area contributed by atoms with Crippen LogP contribution < -0.4 is 0 Å². The summed E-state index contributed by atoms with van der Waals surface area (Å²) in [6, 6.07) is 8.00. The van der Waals surface area contributed by atoms with Crippen LogP contribution in [0.4, 0.5) is 0 Å². The van der Waals surface area contributed by atoms with Gasteiger partial charge in [-0.15, -0.1) is 0 Å². The first-order valence-corrected chi connectivity index (χ1v) is 14.7. The highest BCUT2D eigenvalue weighted by atomic mass is 16.5. The minimum Gasteiger partial charge on any atom is -0.459 e. The third-order valence-corrected chi connectivity index (χ3v) is 8.05. The number of aryl methyl sites for hydroxylation is 1. The van der Waals surface area contributed by atoms with Crippen molar-refractivity contribution in [1.82, 2.24) is 0 Å². The molecule has 0 spiro atoms. The normalized spacial score (nSPS) is 24.6. The van der Waals surface area contributed by atoms with Crippen molar-refractivity contribution in [3.8, 4) is 11.8 Å². The van der Waals surface area contributed by atoms with Gasteiger partial charge in [0.2, 0.25) is 0 Å². The van der Waals surface area contributed by atoms with Gasteiger partial charge >= 0.3 is 5.97 Å². The number of rotatable bonds is 11. The first-order valence-electron chi connectivity index (χ1n) is 14.7. The number of hydrogen-bond acceptors (Lipinski definition) is 2. The van der Waals surface area contributed by atoms with Crippen molar-refractivity contribution in [1.29, 1.82) is 0 Å². The van der Waals surface area contributed by atoms with Crippen LogP contribution in [0.2, 0.25) is 0 Å². The lowest BCUT2D eigenvalue weighted by Crippen LogP contribution is -2.24. The van der Waals surface area contributed by atoms with Gasteiger partial charge in [0.1, 0.15) is 6.10 Å². The highest BCUT2D eigenvalue weighted by molar-refractivity contribution is 5.89. The Labute approximate surface area is 215 Å². The molecule has 2 fully saturated rings. The van der Waals surface area contributed by atoms with Crippen molar-refractivity contribution in [2.24, 2.45) is 17.8 Å². The van der Waals surface area contributed by atoms with Crippen LogP contribution in [0.1, 0.15) is 126 Å². The third-order valence-electron chi connectivity index (χ3n) is 8.05. The van der Waals surface area contributed by atoms with Gasteiger partial charge in [0.15, 0.2) is 0 Å². The minimum atomic E-state index is -0.178. The van der Waals surface area contributed by atoms with Gasteiger partial charge in [-0.05, 0) is 99.8 Å². The predicted octanol–water partition coefficient (Wildman–Crippen LogP) is 9.08. The molecule has 2 heteroatoms. The van der Waals surface area contributed by atoms with Crippen LogP contribution in [-0.2, 0) is 11.2 Å². The number of esters is 1. The maximum Gasteiger partial charge on any atom is 0.338 e. The average Bonchev–Trinajstić information content (AvgIpc) is 2.89. The smallest absolute Gasteiger partial charge is 0.338 e. The molecule has 2 aliphatic rings. The first kappa shape index (κ1) is 27.6. The van der Waals surface area contributed by atoms with E-state index in [-0.39, 0.29) is 12.1 Å². The summed E-state index contributed by atoms with van der Waals surface area (Å²) in [5.74, 6) is 8.74. The second-order valence-corrected chi connectivity index (χ2v) is 11.0. The number of allylic oxidation sites excluding steroid dienone is 2. The predicted molar refractivity (Wildman–Crippen MR) is 147 cm³/mol. The average molecular weight is 477 g/mol. The van der Waals surface area contributed by atoms with Gasteiger partial charge in [0.25, 0.3) is 0 Å². The second-order valence-electron chi connectivity index (χ2n) is 11.0. The van der Waals surface area contributed by atoms with Crippen molar-refractivity contribution in [2.45, 2.75) is 123 Å². The first-order chi connectivity index (χ1) is 17.2. The Morgan fingerprint density at radius 2 is 1.57 bits per heavy atom. The van der Waals surface area contributed by atoms with Crippen LogP contribution >= 0.6 is 0 Å². The molecular weight excluding hydrogens is 428 g/mol. The molecule has 0 saturated heterocycles. The van der Waals surface area contributed by atoms with E-state index in [0.29, 0.717) is 11.5 Å². The summed E-state index contributed by atoms with van der Waals surface area (Å²) >= 11 is 0. The molecule has 2 nitrogen and oxygen atoms in total. The van der Waals surface area contributed by atoms with Crippen molar-refractivity contribution < 1.29 is 9.53 Å². The summed E-state index contributed by atoms with van der Waals surface area (Å²) in [4.78, 5) is 12.6. The molecule has 0 bridgehead atoms. The molecule has 0 radical (unpaired) electrons. The van der Waals surface area contributed by atoms with Gasteiger partial charge in [0, 0.05) is 5.92 Å². The SMILES string of the molecule is CCCCCc1ccc(C(=O)OC2CCC(C#CC=CC3CCC(CCCCC)CC3)CC2)cc1. The van der Waals surface area contributed by atoms with Crippen molar-refractivity contribution in [2.75, 3.05) is 0 Å². The summed E-state index contributed by atoms with van der Waals surface area (Å²) in [5.41, 5.74) is 1.98. The van der Waals surface area contributed by atoms with Crippen molar-refractivity contribution in [3.05, 3.63) is 47.5 Å². The van der Waals surface area contributed by atoms with Crippen LogP contribution in [-0.4, -0.2) is 12.1 Å². The lowest BCUT2D eigenvalue weighted by Gasteiger charge is -2.26. The molecule has 0 aromatic heterocycles. The summed E-state index contributed by atoms with van der Waals surface area (Å²) in [7, 11) is 0. The zero-order chi connectivity index (χ0) is 24.7. The Hall–Kier alpha value is -2.01. The fourth-order valence-electron chi connectivity index (χ4n) is 5.63. The molecule has 1 aromatic rings. The molecule has 0 amide bonds. The quantitative estimate of drug-likeness (QED) is 0.181. The maximum atomic E-state index is 12.6. The highest BCUT2D eigenvalue weighted by Gasteiger charge is 2.23. The molecule has 2 aliphatic carbocycles.